The van der Waals surface area contributed by atoms with Crippen LogP contribution in [0, 0.1) is 0 Å². The molecule has 0 bridgehead atoms. The molecule has 6 nitrogen and oxygen atoms in total. The highest BCUT2D eigenvalue weighted by atomic mass is 16.6. The van der Waals surface area contributed by atoms with Crippen molar-refractivity contribution in [1.29, 1.82) is 0 Å². The Morgan fingerprint density at radius 3 is 0.814 bits per heavy atom. The van der Waals surface area contributed by atoms with Crippen LogP contribution in [0.1, 0.15) is 310 Å². The molecule has 0 heterocycles. The standard InChI is InChI=1S/C64H114O6/c1-4-7-10-13-16-19-22-25-28-30-31-32-33-35-36-39-42-45-48-51-54-57-63(66)69-60-61(59-68-62(65)56-53-50-47-44-41-38-27-24-21-18-15-12-9-6-3)70-64(67)58-55-52-49-46-43-40-37-34-29-26-23-20-17-14-11-8-5-2/h22,24-27,29-31,33,35,61H,4-21,23,28,32,34,36-60H2,1-3H3/b25-22-,27-24-,29-26-,31-30-,35-33-. The highest BCUT2D eigenvalue weighted by Gasteiger charge is 2.19. The molecule has 0 aromatic heterocycles. The summed E-state index contributed by atoms with van der Waals surface area (Å²) in [4.78, 5) is 38.2. The maximum Gasteiger partial charge on any atom is 0.306 e. The molecule has 0 rings (SSSR count). The largest absolute Gasteiger partial charge is 0.462 e. The molecule has 0 aromatic carbocycles. The summed E-state index contributed by atoms with van der Waals surface area (Å²) in [6.45, 7) is 6.62. The van der Waals surface area contributed by atoms with Gasteiger partial charge in [-0.25, -0.2) is 0 Å². The molecule has 0 N–H and O–H groups in total. The highest BCUT2D eigenvalue weighted by molar-refractivity contribution is 5.71. The van der Waals surface area contributed by atoms with Crippen LogP contribution in [0.25, 0.3) is 0 Å². The Balaban J connectivity index is 4.39. The Morgan fingerprint density at radius 2 is 0.514 bits per heavy atom. The zero-order chi connectivity index (χ0) is 50.7. The molecule has 1 atom stereocenters. The fraction of sp³-hybridized carbons (Fsp3) is 0.797. The Labute approximate surface area is 434 Å². The van der Waals surface area contributed by atoms with Gasteiger partial charge in [0.05, 0.1) is 0 Å². The van der Waals surface area contributed by atoms with Crippen LogP contribution in [-0.2, 0) is 28.6 Å². The van der Waals surface area contributed by atoms with Crippen LogP contribution in [0.5, 0.6) is 0 Å². The van der Waals surface area contributed by atoms with Gasteiger partial charge < -0.3 is 14.2 Å². The Hall–Kier alpha value is -2.89. The number of rotatable bonds is 55. The van der Waals surface area contributed by atoms with E-state index in [2.05, 4.69) is 81.5 Å². The normalized spacial score (nSPS) is 12.4. The van der Waals surface area contributed by atoms with E-state index in [1.807, 2.05) is 0 Å². The van der Waals surface area contributed by atoms with Gasteiger partial charge in [0.25, 0.3) is 0 Å². The van der Waals surface area contributed by atoms with Crippen molar-refractivity contribution in [2.45, 2.75) is 316 Å². The van der Waals surface area contributed by atoms with Crippen molar-refractivity contribution in [3.8, 4) is 0 Å². The Kier molecular flexibility index (Phi) is 56.3. The molecule has 406 valence electrons. The lowest BCUT2D eigenvalue weighted by Gasteiger charge is -2.18. The summed E-state index contributed by atoms with van der Waals surface area (Å²) in [5, 5.41) is 0. The third-order valence-electron chi connectivity index (χ3n) is 13.2. The van der Waals surface area contributed by atoms with Crippen molar-refractivity contribution >= 4 is 17.9 Å². The quantitative estimate of drug-likeness (QED) is 0.0261. The monoisotopic (exact) mass is 979 g/mol. The molecule has 0 aliphatic carbocycles. The molecule has 0 aliphatic heterocycles. The van der Waals surface area contributed by atoms with E-state index < -0.39 is 6.10 Å². The van der Waals surface area contributed by atoms with Gasteiger partial charge in [-0.15, -0.1) is 0 Å². The van der Waals surface area contributed by atoms with E-state index in [9.17, 15) is 14.4 Å². The molecule has 0 radical (unpaired) electrons. The third-order valence-corrected chi connectivity index (χ3v) is 13.2. The molecule has 0 aromatic rings. The van der Waals surface area contributed by atoms with Gasteiger partial charge in [0.1, 0.15) is 13.2 Å². The molecule has 1 unspecified atom stereocenters. The molecule has 0 spiro atoms. The maximum atomic E-state index is 12.9. The number of esters is 3. The molecular formula is C64H114O6. The lowest BCUT2D eigenvalue weighted by atomic mass is 10.1. The zero-order valence-corrected chi connectivity index (χ0v) is 46.5. The first-order valence-corrected chi connectivity index (χ1v) is 30.3. The average molecular weight is 980 g/mol. The van der Waals surface area contributed by atoms with Gasteiger partial charge in [0.2, 0.25) is 0 Å². The van der Waals surface area contributed by atoms with Crippen LogP contribution in [0.2, 0.25) is 0 Å². The fourth-order valence-corrected chi connectivity index (χ4v) is 8.62. The second-order valence-corrected chi connectivity index (χ2v) is 20.2. The van der Waals surface area contributed by atoms with E-state index in [-0.39, 0.29) is 31.1 Å². The first-order chi connectivity index (χ1) is 34.5. The van der Waals surface area contributed by atoms with Crippen LogP contribution < -0.4 is 0 Å². The molecule has 0 saturated carbocycles. The van der Waals surface area contributed by atoms with Crippen molar-refractivity contribution < 1.29 is 28.6 Å². The van der Waals surface area contributed by atoms with Gasteiger partial charge in [-0.2, -0.15) is 0 Å². The number of hydrogen-bond acceptors (Lipinski definition) is 6. The minimum Gasteiger partial charge on any atom is -0.462 e. The van der Waals surface area contributed by atoms with Gasteiger partial charge in [0.15, 0.2) is 6.10 Å². The van der Waals surface area contributed by atoms with Gasteiger partial charge in [-0.1, -0.05) is 242 Å². The average Bonchev–Trinajstić information content (AvgIpc) is 3.36. The summed E-state index contributed by atoms with van der Waals surface area (Å²) in [6.07, 6.45) is 73.5. The van der Waals surface area contributed by atoms with Gasteiger partial charge in [0, 0.05) is 19.3 Å². The van der Waals surface area contributed by atoms with Crippen molar-refractivity contribution in [1.82, 2.24) is 0 Å². The molecular weight excluding hydrogens is 865 g/mol. The zero-order valence-electron chi connectivity index (χ0n) is 46.5. The second-order valence-electron chi connectivity index (χ2n) is 20.2. The van der Waals surface area contributed by atoms with E-state index in [0.717, 1.165) is 83.5 Å². The summed E-state index contributed by atoms with van der Waals surface area (Å²) in [5.74, 6) is -0.896. The van der Waals surface area contributed by atoms with E-state index in [4.69, 9.17) is 14.2 Å². The molecule has 0 amide bonds. The van der Waals surface area contributed by atoms with Crippen LogP contribution in [0.3, 0.4) is 0 Å². The predicted molar refractivity (Wildman–Crippen MR) is 302 cm³/mol. The number of ether oxygens (including phenoxy) is 3. The van der Waals surface area contributed by atoms with Crippen molar-refractivity contribution in [2.24, 2.45) is 0 Å². The van der Waals surface area contributed by atoms with Crippen LogP contribution in [0.4, 0.5) is 0 Å². The van der Waals surface area contributed by atoms with E-state index in [1.165, 1.54) is 186 Å². The van der Waals surface area contributed by atoms with Crippen molar-refractivity contribution in [3.63, 3.8) is 0 Å². The maximum absolute atomic E-state index is 12.9. The van der Waals surface area contributed by atoms with Crippen molar-refractivity contribution in [3.05, 3.63) is 60.8 Å². The molecule has 70 heavy (non-hydrogen) atoms. The van der Waals surface area contributed by atoms with Crippen LogP contribution in [0.15, 0.2) is 60.8 Å². The van der Waals surface area contributed by atoms with Crippen LogP contribution in [-0.4, -0.2) is 37.2 Å². The Bertz CT molecular complexity index is 1260. The number of carbonyl (C=O) groups excluding carboxylic acids is 3. The SMILES string of the molecule is CCCCCCC/C=C\C/C=C\C/C=C\CCCCCCCCC(=O)OCC(COC(=O)CCCCCCC/C=C\CCCCCCC)OC(=O)CCCCCCCCC/C=C\CCCCCCCC. The molecule has 0 saturated heterocycles. The summed E-state index contributed by atoms with van der Waals surface area (Å²) in [6, 6.07) is 0. The first kappa shape index (κ1) is 67.1. The lowest BCUT2D eigenvalue weighted by molar-refractivity contribution is -0.167. The molecule has 0 aliphatic rings. The van der Waals surface area contributed by atoms with E-state index in [1.54, 1.807) is 0 Å². The van der Waals surface area contributed by atoms with E-state index >= 15 is 0 Å². The van der Waals surface area contributed by atoms with Gasteiger partial charge in [-0.3, -0.25) is 14.4 Å². The third kappa shape index (κ3) is 56.0. The molecule has 0 fully saturated rings. The Morgan fingerprint density at radius 1 is 0.286 bits per heavy atom. The summed E-state index contributed by atoms with van der Waals surface area (Å²) in [7, 11) is 0. The highest BCUT2D eigenvalue weighted by Crippen LogP contribution is 2.15. The minimum atomic E-state index is -0.786. The topological polar surface area (TPSA) is 78.9 Å². The fourth-order valence-electron chi connectivity index (χ4n) is 8.62. The number of allylic oxidation sites excluding steroid dienone is 10. The molecule has 6 heteroatoms. The smallest absolute Gasteiger partial charge is 0.306 e. The first-order valence-electron chi connectivity index (χ1n) is 30.3. The minimum absolute atomic E-state index is 0.0835. The van der Waals surface area contributed by atoms with Crippen molar-refractivity contribution in [2.75, 3.05) is 13.2 Å². The number of carbonyl (C=O) groups is 3. The van der Waals surface area contributed by atoms with E-state index in [0.29, 0.717) is 19.3 Å². The van der Waals surface area contributed by atoms with Gasteiger partial charge >= 0.3 is 17.9 Å². The second kappa shape index (κ2) is 58.7. The van der Waals surface area contributed by atoms with Gasteiger partial charge in [-0.05, 0) is 109 Å². The summed E-state index contributed by atoms with van der Waals surface area (Å²) >= 11 is 0. The lowest BCUT2D eigenvalue weighted by Crippen LogP contribution is -2.30. The number of unbranched alkanes of at least 4 members (excludes halogenated alkanes) is 34. The summed E-state index contributed by atoms with van der Waals surface area (Å²) < 4.78 is 16.9. The number of hydrogen-bond donors (Lipinski definition) is 0. The van der Waals surface area contributed by atoms with Crippen LogP contribution >= 0.6 is 0 Å². The predicted octanol–water partition coefficient (Wildman–Crippen LogP) is 20.4. The summed E-state index contributed by atoms with van der Waals surface area (Å²) in [5.41, 5.74) is 0.